The summed E-state index contributed by atoms with van der Waals surface area (Å²) in [7, 11) is 0. The molecule has 1 aliphatic rings. The number of halogens is 1. The van der Waals surface area contributed by atoms with Crippen LogP contribution in [0.5, 0.6) is 5.75 Å². The molecule has 0 amide bonds. The van der Waals surface area contributed by atoms with Crippen molar-refractivity contribution in [1.29, 1.82) is 0 Å². The van der Waals surface area contributed by atoms with Gasteiger partial charge in [0.2, 0.25) is 0 Å². The van der Waals surface area contributed by atoms with Crippen molar-refractivity contribution in [2.75, 3.05) is 26.2 Å². The first kappa shape index (κ1) is 14.8. The Morgan fingerprint density at radius 1 is 1.47 bits per heavy atom. The van der Waals surface area contributed by atoms with Gasteiger partial charge < -0.3 is 9.47 Å². The maximum atomic E-state index is 5.90. The number of hydrogen-bond donors (Lipinski definition) is 0. The number of ether oxygens (including phenoxy) is 2. The van der Waals surface area contributed by atoms with Crippen molar-refractivity contribution in [3.63, 3.8) is 0 Å². The zero-order valence-electron chi connectivity index (χ0n) is 11.9. The van der Waals surface area contributed by atoms with E-state index in [2.05, 4.69) is 41.6 Å². The molecule has 19 heavy (non-hydrogen) atoms. The van der Waals surface area contributed by atoms with Crippen molar-refractivity contribution in [2.24, 2.45) is 0 Å². The number of rotatable bonds is 4. The van der Waals surface area contributed by atoms with Crippen molar-refractivity contribution in [3.05, 3.63) is 28.7 Å². The highest BCUT2D eigenvalue weighted by Gasteiger charge is 2.30. The van der Waals surface area contributed by atoms with E-state index in [-0.39, 0.29) is 11.7 Å². The van der Waals surface area contributed by atoms with E-state index in [0.29, 0.717) is 6.61 Å². The summed E-state index contributed by atoms with van der Waals surface area (Å²) in [5.74, 6) is 0.912. The van der Waals surface area contributed by atoms with Gasteiger partial charge in [-0.25, -0.2) is 0 Å². The summed E-state index contributed by atoms with van der Waals surface area (Å²) < 4.78 is 12.7. The van der Waals surface area contributed by atoms with Crippen molar-refractivity contribution >= 4 is 15.9 Å². The fourth-order valence-electron chi connectivity index (χ4n) is 2.61. The summed E-state index contributed by atoms with van der Waals surface area (Å²) in [6.45, 7) is 9.99. The highest BCUT2D eigenvalue weighted by Crippen LogP contribution is 2.21. The summed E-state index contributed by atoms with van der Waals surface area (Å²) in [5, 5.41) is 0. The van der Waals surface area contributed by atoms with Gasteiger partial charge >= 0.3 is 0 Å². The van der Waals surface area contributed by atoms with Gasteiger partial charge in [-0.3, -0.25) is 4.90 Å². The lowest BCUT2D eigenvalue weighted by Gasteiger charge is -2.41. The van der Waals surface area contributed by atoms with Crippen LogP contribution in [0.2, 0.25) is 0 Å². The van der Waals surface area contributed by atoms with Gasteiger partial charge in [-0.15, -0.1) is 0 Å². The van der Waals surface area contributed by atoms with E-state index >= 15 is 0 Å². The van der Waals surface area contributed by atoms with Crippen molar-refractivity contribution in [2.45, 2.75) is 32.5 Å². The van der Waals surface area contributed by atoms with E-state index in [9.17, 15) is 0 Å². The molecule has 1 fully saturated rings. The first-order chi connectivity index (χ1) is 8.94. The van der Waals surface area contributed by atoms with Gasteiger partial charge in [0.15, 0.2) is 0 Å². The second kappa shape index (κ2) is 6.25. The zero-order valence-corrected chi connectivity index (χ0v) is 13.4. The lowest BCUT2D eigenvalue weighted by Crippen LogP contribution is -2.52. The van der Waals surface area contributed by atoms with Crippen LogP contribution in [0, 0.1) is 0 Å². The SMILES string of the molecule is CC1CN(CCOc2cccc(Br)c2)CC(C)(C)O1. The predicted molar refractivity (Wildman–Crippen MR) is 80.7 cm³/mol. The molecule has 0 aromatic heterocycles. The third kappa shape index (κ3) is 4.79. The highest BCUT2D eigenvalue weighted by molar-refractivity contribution is 9.10. The molecule has 1 saturated heterocycles. The van der Waals surface area contributed by atoms with Crippen LogP contribution in [-0.2, 0) is 4.74 Å². The van der Waals surface area contributed by atoms with Crippen LogP contribution in [0.3, 0.4) is 0 Å². The van der Waals surface area contributed by atoms with Gasteiger partial charge in [0.05, 0.1) is 11.7 Å². The van der Waals surface area contributed by atoms with E-state index in [1.54, 1.807) is 0 Å². The van der Waals surface area contributed by atoms with Crippen molar-refractivity contribution < 1.29 is 9.47 Å². The lowest BCUT2D eigenvalue weighted by molar-refractivity contribution is -0.129. The Balaban J connectivity index is 1.79. The third-order valence-electron chi connectivity index (χ3n) is 3.11. The number of hydrogen-bond acceptors (Lipinski definition) is 3. The number of nitrogens with zero attached hydrogens (tertiary/aromatic N) is 1. The van der Waals surface area contributed by atoms with E-state index in [1.807, 2.05) is 24.3 Å². The average Bonchev–Trinajstić information content (AvgIpc) is 2.26. The zero-order chi connectivity index (χ0) is 13.9. The van der Waals surface area contributed by atoms with Crippen LogP contribution in [-0.4, -0.2) is 42.8 Å². The number of benzene rings is 1. The monoisotopic (exact) mass is 327 g/mol. The van der Waals surface area contributed by atoms with Crippen LogP contribution in [0.1, 0.15) is 20.8 Å². The molecule has 3 nitrogen and oxygen atoms in total. The second-order valence-corrected chi connectivity index (χ2v) is 6.64. The molecule has 1 heterocycles. The molecule has 2 rings (SSSR count). The Kier molecular flexibility index (Phi) is 4.87. The largest absolute Gasteiger partial charge is 0.492 e. The summed E-state index contributed by atoms with van der Waals surface area (Å²) in [4.78, 5) is 2.41. The molecule has 1 aromatic rings. The summed E-state index contributed by atoms with van der Waals surface area (Å²) in [6.07, 6.45) is 0.287. The second-order valence-electron chi connectivity index (χ2n) is 5.73. The fraction of sp³-hybridized carbons (Fsp3) is 0.600. The van der Waals surface area contributed by atoms with Crippen LogP contribution >= 0.6 is 15.9 Å². The quantitative estimate of drug-likeness (QED) is 0.846. The molecule has 0 bridgehead atoms. The van der Waals surface area contributed by atoms with Gasteiger partial charge in [0.25, 0.3) is 0 Å². The lowest BCUT2D eigenvalue weighted by atomic mass is 10.1. The standard InChI is InChI=1S/C15H22BrNO2/c1-12-10-17(11-15(2,3)19-12)7-8-18-14-6-4-5-13(16)9-14/h4-6,9,12H,7-8,10-11H2,1-3H3. The minimum Gasteiger partial charge on any atom is -0.492 e. The normalized spacial score (nSPS) is 23.3. The van der Waals surface area contributed by atoms with Gasteiger partial charge in [0.1, 0.15) is 12.4 Å². The molecule has 0 aliphatic carbocycles. The molecular formula is C15H22BrNO2. The van der Waals surface area contributed by atoms with Crippen LogP contribution < -0.4 is 4.74 Å². The molecule has 4 heteroatoms. The van der Waals surface area contributed by atoms with Gasteiger partial charge in [-0.1, -0.05) is 22.0 Å². The van der Waals surface area contributed by atoms with E-state index in [0.717, 1.165) is 29.9 Å². The van der Waals surface area contributed by atoms with E-state index < -0.39 is 0 Å². The highest BCUT2D eigenvalue weighted by atomic mass is 79.9. The number of morpholine rings is 1. The Morgan fingerprint density at radius 3 is 2.95 bits per heavy atom. The summed E-state index contributed by atoms with van der Waals surface area (Å²) >= 11 is 3.45. The summed E-state index contributed by atoms with van der Waals surface area (Å²) in [5.41, 5.74) is -0.0621. The van der Waals surface area contributed by atoms with Crippen LogP contribution in [0.4, 0.5) is 0 Å². The van der Waals surface area contributed by atoms with E-state index in [4.69, 9.17) is 9.47 Å². The minimum atomic E-state index is -0.0621. The molecule has 0 spiro atoms. The van der Waals surface area contributed by atoms with Crippen molar-refractivity contribution in [1.82, 2.24) is 4.90 Å². The molecule has 1 aromatic carbocycles. The minimum absolute atomic E-state index is 0.0621. The predicted octanol–water partition coefficient (Wildman–Crippen LogP) is 3.33. The first-order valence-corrected chi connectivity index (χ1v) is 7.52. The Hall–Kier alpha value is -0.580. The molecular weight excluding hydrogens is 306 g/mol. The Bertz CT molecular complexity index is 422. The molecule has 0 radical (unpaired) electrons. The summed E-state index contributed by atoms with van der Waals surface area (Å²) in [6, 6.07) is 7.96. The molecule has 1 unspecified atom stereocenters. The Labute approximate surface area is 124 Å². The van der Waals surface area contributed by atoms with Crippen LogP contribution in [0.25, 0.3) is 0 Å². The topological polar surface area (TPSA) is 21.7 Å². The van der Waals surface area contributed by atoms with Gasteiger partial charge in [-0.2, -0.15) is 0 Å². The third-order valence-corrected chi connectivity index (χ3v) is 3.61. The maximum Gasteiger partial charge on any atom is 0.120 e. The van der Waals surface area contributed by atoms with E-state index in [1.165, 1.54) is 0 Å². The maximum absolute atomic E-state index is 5.90. The van der Waals surface area contributed by atoms with Crippen molar-refractivity contribution in [3.8, 4) is 5.75 Å². The van der Waals surface area contributed by atoms with Gasteiger partial charge in [0, 0.05) is 24.1 Å². The molecule has 106 valence electrons. The van der Waals surface area contributed by atoms with Crippen LogP contribution in [0.15, 0.2) is 28.7 Å². The molecule has 1 atom stereocenters. The van der Waals surface area contributed by atoms with Gasteiger partial charge in [-0.05, 0) is 39.0 Å². The smallest absolute Gasteiger partial charge is 0.120 e. The molecule has 1 aliphatic heterocycles. The average molecular weight is 328 g/mol. The first-order valence-electron chi connectivity index (χ1n) is 6.73. The Morgan fingerprint density at radius 2 is 2.26 bits per heavy atom. The molecule has 0 N–H and O–H groups in total. The molecule has 0 saturated carbocycles. The fourth-order valence-corrected chi connectivity index (χ4v) is 2.98.